The maximum Gasteiger partial charge on any atom is 0.317 e. The number of nitro benzene ring substituents is 1. The average molecular weight is 365 g/mol. The lowest BCUT2D eigenvalue weighted by atomic mass is 9.99. The van der Waals surface area contributed by atoms with E-state index < -0.39 is 5.97 Å². The number of hydrogen-bond acceptors (Lipinski definition) is 6. The topological polar surface area (TPSA) is 96.2 Å². The van der Waals surface area contributed by atoms with Crippen molar-refractivity contribution in [1.82, 2.24) is 9.80 Å². The van der Waals surface area contributed by atoms with Crippen molar-refractivity contribution >= 4 is 11.7 Å². The Hall–Kier alpha value is -2.03. The molecule has 1 aromatic carbocycles. The van der Waals surface area contributed by atoms with Crippen LogP contribution in [-0.4, -0.2) is 71.7 Å². The number of carboxylic acids is 1. The summed E-state index contributed by atoms with van der Waals surface area (Å²) in [6.45, 7) is 7.00. The van der Waals surface area contributed by atoms with Crippen LogP contribution in [0, 0.1) is 10.1 Å². The van der Waals surface area contributed by atoms with Crippen LogP contribution < -0.4 is 0 Å². The second-order valence-electron chi connectivity index (χ2n) is 7.12. The molecule has 1 aromatic rings. The third-order valence-electron chi connectivity index (χ3n) is 4.46. The molecule has 26 heavy (non-hydrogen) atoms. The van der Waals surface area contributed by atoms with Crippen LogP contribution in [-0.2, 0) is 16.1 Å². The number of benzene rings is 1. The third-order valence-corrected chi connectivity index (χ3v) is 4.46. The number of hydrogen-bond donors (Lipinski definition) is 1. The van der Waals surface area contributed by atoms with Gasteiger partial charge in [-0.1, -0.05) is 26.0 Å². The molecule has 0 aromatic heterocycles. The lowest BCUT2D eigenvalue weighted by Gasteiger charge is -2.34. The Morgan fingerprint density at radius 1 is 1.50 bits per heavy atom. The summed E-state index contributed by atoms with van der Waals surface area (Å²) in [6, 6.07) is 5.45. The molecule has 0 aliphatic carbocycles. The van der Waals surface area contributed by atoms with E-state index in [4.69, 9.17) is 9.84 Å². The van der Waals surface area contributed by atoms with Crippen molar-refractivity contribution in [1.29, 1.82) is 0 Å². The van der Waals surface area contributed by atoms with E-state index in [2.05, 4.69) is 4.90 Å². The van der Waals surface area contributed by atoms with Crippen molar-refractivity contribution in [3.63, 3.8) is 0 Å². The van der Waals surface area contributed by atoms with Crippen molar-refractivity contribution in [2.75, 3.05) is 39.8 Å². The minimum Gasteiger partial charge on any atom is -0.480 e. The number of morpholine rings is 1. The lowest BCUT2D eigenvalue weighted by molar-refractivity contribution is -0.385. The van der Waals surface area contributed by atoms with Crippen LogP contribution in [0.1, 0.15) is 30.9 Å². The molecule has 0 saturated carbocycles. The van der Waals surface area contributed by atoms with E-state index in [-0.39, 0.29) is 29.2 Å². The fourth-order valence-electron chi connectivity index (χ4n) is 3.27. The highest BCUT2D eigenvalue weighted by atomic mass is 16.6. The lowest BCUT2D eigenvalue weighted by Crippen LogP contribution is -2.47. The number of carboxylic acid groups (broad SMARTS) is 1. The highest BCUT2D eigenvalue weighted by Crippen LogP contribution is 2.28. The summed E-state index contributed by atoms with van der Waals surface area (Å²) >= 11 is 0. The Bertz CT molecular complexity index is 650. The van der Waals surface area contributed by atoms with Gasteiger partial charge in [0.25, 0.3) is 5.69 Å². The van der Waals surface area contributed by atoms with E-state index in [0.29, 0.717) is 26.2 Å². The SMILES string of the molecule is CC(C)c1ccc(CN2CCOC(CN(C)CC(=O)O)C2)cc1[N+](=O)[O-]. The highest BCUT2D eigenvalue weighted by molar-refractivity contribution is 5.69. The van der Waals surface area contributed by atoms with Gasteiger partial charge in [0.1, 0.15) is 0 Å². The van der Waals surface area contributed by atoms with E-state index in [0.717, 1.165) is 17.7 Å². The van der Waals surface area contributed by atoms with Crippen molar-refractivity contribution in [3.05, 3.63) is 39.4 Å². The van der Waals surface area contributed by atoms with Gasteiger partial charge in [0.15, 0.2) is 0 Å². The van der Waals surface area contributed by atoms with Crippen LogP contribution in [0.2, 0.25) is 0 Å². The Morgan fingerprint density at radius 2 is 2.23 bits per heavy atom. The smallest absolute Gasteiger partial charge is 0.317 e. The van der Waals surface area contributed by atoms with Gasteiger partial charge in [0.05, 0.1) is 24.2 Å². The zero-order chi connectivity index (χ0) is 19.3. The quantitative estimate of drug-likeness (QED) is 0.555. The predicted octanol–water partition coefficient (Wildman–Crippen LogP) is 1.94. The summed E-state index contributed by atoms with van der Waals surface area (Å²) in [4.78, 5) is 25.7. The first-order valence-electron chi connectivity index (χ1n) is 8.77. The van der Waals surface area contributed by atoms with Crippen LogP contribution in [0.3, 0.4) is 0 Å². The fourth-order valence-corrected chi connectivity index (χ4v) is 3.27. The van der Waals surface area contributed by atoms with E-state index in [1.165, 1.54) is 0 Å². The highest BCUT2D eigenvalue weighted by Gasteiger charge is 2.23. The third kappa shape index (κ3) is 5.76. The van der Waals surface area contributed by atoms with Crippen molar-refractivity contribution in [3.8, 4) is 0 Å². The molecule has 1 aliphatic rings. The summed E-state index contributed by atoms with van der Waals surface area (Å²) in [5.74, 6) is -0.764. The molecule has 2 rings (SSSR count). The van der Waals surface area contributed by atoms with Crippen molar-refractivity contribution in [2.45, 2.75) is 32.4 Å². The molecule has 0 bridgehead atoms. The molecule has 0 spiro atoms. The second-order valence-corrected chi connectivity index (χ2v) is 7.12. The van der Waals surface area contributed by atoms with Gasteiger partial charge >= 0.3 is 5.97 Å². The largest absolute Gasteiger partial charge is 0.480 e. The van der Waals surface area contributed by atoms with Gasteiger partial charge < -0.3 is 9.84 Å². The van der Waals surface area contributed by atoms with Crippen molar-refractivity contribution < 1.29 is 19.6 Å². The Labute approximate surface area is 153 Å². The van der Waals surface area contributed by atoms with E-state index in [1.807, 2.05) is 26.0 Å². The summed E-state index contributed by atoms with van der Waals surface area (Å²) in [7, 11) is 1.75. The molecule has 8 nitrogen and oxygen atoms in total. The zero-order valence-corrected chi connectivity index (χ0v) is 15.6. The van der Waals surface area contributed by atoms with Gasteiger partial charge in [-0.25, -0.2) is 0 Å². The van der Waals surface area contributed by atoms with E-state index >= 15 is 0 Å². The van der Waals surface area contributed by atoms with Gasteiger partial charge in [-0.3, -0.25) is 24.7 Å². The van der Waals surface area contributed by atoms with Gasteiger partial charge in [-0.15, -0.1) is 0 Å². The average Bonchev–Trinajstić information content (AvgIpc) is 2.54. The minimum atomic E-state index is -0.863. The molecule has 0 radical (unpaired) electrons. The van der Waals surface area contributed by atoms with Crippen LogP contribution in [0.15, 0.2) is 18.2 Å². The molecule has 1 atom stereocenters. The number of carbonyl (C=O) groups is 1. The Kier molecular flexibility index (Phi) is 7.07. The first-order valence-corrected chi connectivity index (χ1v) is 8.77. The summed E-state index contributed by atoms with van der Waals surface area (Å²) < 4.78 is 5.73. The summed E-state index contributed by atoms with van der Waals surface area (Å²) in [6.07, 6.45) is -0.0713. The van der Waals surface area contributed by atoms with Crippen LogP contribution in [0.5, 0.6) is 0 Å². The molecule has 1 unspecified atom stereocenters. The molecule has 144 valence electrons. The predicted molar refractivity (Wildman–Crippen MR) is 97.3 cm³/mol. The molecule has 1 heterocycles. The molecule has 0 amide bonds. The van der Waals surface area contributed by atoms with Crippen LogP contribution in [0.4, 0.5) is 5.69 Å². The number of nitrogens with zero attached hydrogens (tertiary/aromatic N) is 3. The fraction of sp³-hybridized carbons (Fsp3) is 0.611. The summed E-state index contributed by atoms with van der Waals surface area (Å²) in [5.41, 5.74) is 1.82. The molecule has 1 aliphatic heterocycles. The van der Waals surface area contributed by atoms with E-state index in [9.17, 15) is 14.9 Å². The Morgan fingerprint density at radius 3 is 2.85 bits per heavy atom. The van der Waals surface area contributed by atoms with Crippen molar-refractivity contribution in [2.24, 2.45) is 0 Å². The Balaban J connectivity index is 2.00. The first-order chi connectivity index (χ1) is 12.3. The van der Waals surface area contributed by atoms with Crippen LogP contribution >= 0.6 is 0 Å². The molecule has 8 heteroatoms. The molecular formula is C18H27N3O5. The number of nitro groups is 1. The maximum atomic E-state index is 11.4. The van der Waals surface area contributed by atoms with Crippen LogP contribution in [0.25, 0.3) is 0 Å². The van der Waals surface area contributed by atoms with Gasteiger partial charge in [-0.05, 0) is 18.5 Å². The molecular weight excluding hydrogens is 338 g/mol. The molecule has 1 N–H and O–H groups in total. The molecule has 1 fully saturated rings. The van der Waals surface area contributed by atoms with Gasteiger partial charge in [0.2, 0.25) is 0 Å². The standard InChI is InChI=1S/C18H27N3O5/c1-13(2)16-5-4-14(8-17(16)21(24)25)9-20-6-7-26-15(11-20)10-19(3)12-18(22)23/h4-5,8,13,15H,6-7,9-12H2,1-3H3,(H,22,23). The number of ether oxygens (including phenoxy) is 1. The number of aliphatic carboxylic acids is 1. The minimum absolute atomic E-state index is 0.0251. The maximum absolute atomic E-state index is 11.4. The van der Waals surface area contributed by atoms with Gasteiger partial charge in [-0.2, -0.15) is 0 Å². The second kappa shape index (κ2) is 9.07. The van der Waals surface area contributed by atoms with E-state index in [1.54, 1.807) is 18.0 Å². The normalized spacial score (nSPS) is 18.4. The number of likely N-dealkylation sites (N-methyl/N-ethyl adjacent to an activating group) is 1. The van der Waals surface area contributed by atoms with Gasteiger partial charge in [0, 0.05) is 37.8 Å². The first kappa shape index (κ1) is 20.3. The number of rotatable bonds is 8. The summed E-state index contributed by atoms with van der Waals surface area (Å²) in [5, 5.41) is 20.2. The monoisotopic (exact) mass is 365 g/mol. The molecule has 1 saturated heterocycles. The zero-order valence-electron chi connectivity index (χ0n) is 15.6.